The average molecular weight is 256 g/mol. The average Bonchev–Trinajstić information content (AvgIpc) is 2.18. The molecule has 3 heteroatoms. The molecule has 1 nitrogen and oxygen atoms in total. The first kappa shape index (κ1) is 11.2. The molecule has 0 spiro atoms. The van der Waals surface area contributed by atoms with Crippen LogP contribution in [0.1, 0.15) is 25.0 Å². The molecule has 1 aromatic rings. The van der Waals surface area contributed by atoms with Crippen LogP contribution >= 0.6 is 15.9 Å². The molecular formula is C11H11BrFN. The Labute approximate surface area is 91.7 Å². The first-order valence-electron chi connectivity index (χ1n) is 4.27. The Hall–Kier alpha value is -0.880. The molecule has 0 amide bonds. The molecule has 1 aromatic carbocycles. The Morgan fingerprint density at radius 2 is 2.14 bits per heavy atom. The fourth-order valence-corrected chi connectivity index (χ4v) is 1.43. The van der Waals surface area contributed by atoms with Gasteiger partial charge in [-0.1, -0.05) is 35.8 Å². The third kappa shape index (κ3) is 2.13. The lowest BCUT2D eigenvalue weighted by Gasteiger charge is -2.22. The second-order valence-electron chi connectivity index (χ2n) is 3.82. The number of halogens is 2. The van der Waals surface area contributed by atoms with Crippen LogP contribution in [0.25, 0.3) is 0 Å². The summed E-state index contributed by atoms with van der Waals surface area (Å²) in [7, 11) is 0. The predicted octanol–water partition coefficient (Wildman–Crippen LogP) is 3.37. The van der Waals surface area contributed by atoms with E-state index in [0.29, 0.717) is 0 Å². The molecule has 0 N–H and O–H groups in total. The van der Waals surface area contributed by atoms with Crippen LogP contribution in [-0.2, 0) is 5.41 Å². The number of rotatable bonds is 2. The molecule has 0 aliphatic heterocycles. The van der Waals surface area contributed by atoms with E-state index in [-0.39, 0.29) is 11.0 Å². The number of alkyl halides is 1. The second-order valence-corrected chi connectivity index (χ2v) is 4.38. The minimum absolute atomic E-state index is 0.0840. The van der Waals surface area contributed by atoms with Gasteiger partial charge >= 0.3 is 0 Å². The van der Waals surface area contributed by atoms with Crippen LogP contribution in [0.2, 0.25) is 0 Å². The van der Waals surface area contributed by atoms with Gasteiger partial charge in [-0.2, -0.15) is 5.26 Å². The summed E-state index contributed by atoms with van der Waals surface area (Å²) in [6.07, 6.45) is 0. The van der Waals surface area contributed by atoms with Gasteiger partial charge in [0.25, 0.3) is 0 Å². The molecule has 0 heterocycles. The summed E-state index contributed by atoms with van der Waals surface area (Å²) >= 11 is 3.40. The highest BCUT2D eigenvalue weighted by Gasteiger charge is 2.20. The van der Waals surface area contributed by atoms with Gasteiger partial charge < -0.3 is 0 Å². The van der Waals surface area contributed by atoms with Crippen molar-refractivity contribution in [2.24, 2.45) is 0 Å². The molecule has 14 heavy (non-hydrogen) atoms. The van der Waals surface area contributed by atoms with Gasteiger partial charge in [0.2, 0.25) is 0 Å². The maximum absolute atomic E-state index is 13.0. The first-order valence-corrected chi connectivity index (χ1v) is 5.39. The fraction of sp³-hybridized carbons (Fsp3) is 0.364. The summed E-state index contributed by atoms with van der Waals surface area (Å²) in [5.41, 5.74) is 0.989. The van der Waals surface area contributed by atoms with Crippen molar-refractivity contribution in [2.45, 2.75) is 19.3 Å². The van der Waals surface area contributed by atoms with Crippen LogP contribution in [0.15, 0.2) is 18.2 Å². The van der Waals surface area contributed by atoms with Crippen molar-refractivity contribution in [3.8, 4) is 6.07 Å². The number of hydrogen-bond acceptors (Lipinski definition) is 1. The van der Waals surface area contributed by atoms with Crippen LogP contribution in [0.3, 0.4) is 0 Å². The Morgan fingerprint density at radius 3 is 2.64 bits per heavy atom. The largest absolute Gasteiger partial charge is 0.206 e. The van der Waals surface area contributed by atoms with E-state index in [1.807, 2.05) is 19.9 Å². The number of nitrogens with zero attached hydrogens (tertiary/aromatic N) is 1. The van der Waals surface area contributed by atoms with Crippen molar-refractivity contribution in [1.29, 1.82) is 5.26 Å². The molecule has 74 valence electrons. The van der Waals surface area contributed by atoms with Gasteiger partial charge in [-0.05, 0) is 23.1 Å². The summed E-state index contributed by atoms with van der Waals surface area (Å²) in [5.74, 6) is -0.457. The van der Waals surface area contributed by atoms with Crippen LogP contribution < -0.4 is 0 Å². The topological polar surface area (TPSA) is 23.8 Å². The molecule has 0 fully saturated rings. The Bertz CT molecular complexity index is 379. The predicted molar refractivity (Wildman–Crippen MR) is 57.9 cm³/mol. The highest BCUT2D eigenvalue weighted by molar-refractivity contribution is 9.09. The molecule has 0 unspecified atom stereocenters. The zero-order valence-corrected chi connectivity index (χ0v) is 9.73. The van der Waals surface area contributed by atoms with Crippen molar-refractivity contribution in [3.63, 3.8) is 0 Å². The molecule has 0 saturated carbocycles. The van der Waals surface area contributed by atoms with Crippen molar-refractivity contribution in [2.75, 3.05) is 5.33 Å². The fourth-order valence-electron chi connectivity index (χ4n) is 1.11. The van der Waals surface area contributed by atoms with E-state index in [9.17, 15) is 4.39 Å². The quantitative estimate of drug-likeness (QED) is 0.744. The van der Waals surface area contributed by atoms with Crippen LogP contribution in [0, 0.1) is 17.1 Å². The summed E-state index contributed by atoms with van der Waals surface area (Å²) in [6.45, 7) is 4.08. The third-order valence-corrected chi connectivity index (χ3v) is 3.60. The van der Waals surface area contributed by atoms with E-state index < -0.39 is 5.82 Å². The molecule has 0 aromatic heterocycles. The molecule has 0 saturated heterocycles. The van der Waals surface area contributed by atoms with Gasteiger partial charge in [-0.25, -0.2) is 4.39 Å². The SMILES string of the molecule is CC(C)(CBr)c1ccc(F)c(C#N)c1. The lowest BCUT2D eigenvalue weighted by atomic mass is 9.86. The zero-order chi connectivity index (χ0) is 10.8. The second kappa shape index (κ2) is 4.10. The minimum atomic E-state index is -0.457. The van der Waals surface area contributed by atoms with Crippen LogP contribution in [0.5, 0.6) is 0 Å². The van der Waals surface area contributed by atoms with Gasteiger partial charge in [-0.15, -0.1) is 0 Å². The van der Waals surface area contributed by atoms with Crippen molar-refractivity contribution < 1.29 is 4.39 Å². The Kier molecular flexibility index (Phi) is 3.28. The minimum Gasteiger partial charge on any atom is -0.206 e. The Morgan fingerprint density at radius 1 is 1.50 bits per heavy atom. The van der Waals surface area contributed by atoms with Gasteiger partial charge in [-0.3, -0.25) is 0 Å². The molecular weight excluding hydrogens is 245 g/mol. The van der Waals surface area contributed by atoms with E-state index in [1.54, 1.807) is 12.1 Å². The van der Waals surface area contributed by atoms with Crippen LogP contribution in [0.4, 0.5) is 4.39 Å². The van der Waals surface area contributed by atoms with Crippen molar-refractivity contribution in [3.05, 3.63) is 35.1 Å². The maximum atomic E-state index is 13.0. The van der Waals surface area contributed by atoms with Crippen molar-refractivity contribution in [1.82, 2.24) is 0 Å². The summed E-state index contributed by atoms with van der Waals surface area (Å²) < 4.78 is 13.0. The highest BCUT2D eigenvalue weighted by Crippen LogP contribution is 2.26. The lowest BCUT2D eigenvalue weighted by molar-refractivity contribution is 0.594. The normalized spacial score (nSPS) is 11.1. The molecule has 0 aliphatic carbocycles. The smallest absolute Gasteiger partial charge is 0.140 e. The van der Waals surface area contributed by atoms with Gasteiger partial charge in [0, 0.05) is 5.33 Å². The third-order valence-electron chi connectivity index (χ3n) is 2.20. The molecule has 0 aliphatic rings. The molecule has 0 atom stereocenters. The molecule has 0 radical (unpaired) electrons. The van der Waals surface area contributed by atoms with E-state index in [0.717, 1.165) is 10.9 Å². The van der Waals surface area contributed by atoms with Gasteiger partial charge in [0.15, 0.2) is 0 Å². The molecule has 1 rings (SSSR count). The van der Waals surface area contributed by atoms with E-state index in [1.165, 1.54) is 6.07 Å². The summed E-state index contributed by atoms with van der Waals surface area (Å²) in [6, 6.07) is 6.51. The standard InChI is InChI=1S/C11H11BrFN/c1-11(2,7-12)9-3-4-10(13)8(5-9)6-14/h3-5H,7H2,1-2H3. The first-order chi connectivity index (χ1) is 6.51. The highest BCUT2D eigenvalue weighted by atomic mass is 79.9. The Balaban J connectivity index is 3.21. The summed E-state index contributed by atoms with van der Waals surface area (Å²) in [4.78, 5) is 0. The maximum Gasteiger partial charge on any atom is 0.140 e. The van der Waals surface area contributed by atoms with E-state index >= 15 is 0 Å². The monoisotopic (exact) mass is 255 g/mol. The van der Waals surface area contributed by atoms with Gasteiger partial charge in [0.1, 0.15) is 11.9 Å². The summed E-state index contributed by atoms with van der Waals surface area (Å²) in [5, 5.41) is 9.45. The number of hydrogen-bond donors (Lipinski definition) is 0. The van der Waals surface area contributed by atoms with Gasteiger partial charge in [0.05, 0.1) is 5.56 Å². The lowest BCUT2D eigenvalue weighted by Crippen LogP contribution is -2.18. The molecule has 0 bridgehead atoms. The van der Waals surface area contributed by atoms with E-state index in [2.05, 4.69) is 15.9 Å². The van der Waals surface area contributed by atoms with E-state index in [4.69, 9.17) is 5.26 Å². The number of nitriles is 1. The van der Waals surface area contributed by atoms with Crippen LogP contribution in [-0.4, -0.2) is 5.33 Å². The van der Waals surface area contributed by atoms with Crippen molar-refractivity contribution >= 4 is 15.9 Å². The number of benzene rings is 1. The zero-order valence-electron chi connectivity index (χ0n) is 8.14.